The lowest BCUT2D eigenvalue weighted by Gasteiger charge is -2.22. The average molecular weight is 343 g/mol. The Bertz CT molecular complexity index is 811. The van der Waals surface area contributed by atoms with E-state index in [4.69, 9.17) is 0 Å². The van der Waals surface area contributed by atoms with Gasteiger partial charge in [-0.25, -0.2) is 8.42 Å². The lowest BCUT2D eigenvalue weighted by molar-refractivity contribution is 0.0937. The van der Waals surface area contributed by atoms with Crippen molar-refractivity contribution < 1.29 is 13.2 Å². The molecule has 0 aliphatic carbocycles. The van der Waals surface area contributed by atoms with Crippen LogP contribution < -0.4 is 4.72 Å². The smallest absolute Gasteiger partial charge is 0.241 e. The minimum absolute atomic E-state index is 0.134. The molecule has 0 aliphatic rings. The molecule has 4 nitrogen and oxygen atoms in total. The molecule has 2 rings (SSSR count). The topological polar surface area (TPSA) is 63.2 Å². The largest absolute Gasteiger partial charge is 0.292 e. The van der Waals surface area contributed by atoms with Crippen molar-refractivity contribution in [3.8, 4) is 0 Å². The Morgan fingerprint density at radius 2 is 1.67 bits per heavy atom. The van der Waals surface area contributed by atoms with Crippen molar-refractivity contribution in [1.82, 2.24) is 4.72 Å². The van der Waals surface area contributed by atoms with Crippen molar-refractivity contribution in [3.63, 3.8) is 0 Å². The molecule has 0 heterocycles. The van der Waals surface area contributed by atoms with Crippen molar-refractivity contribution in [2.45, 2.75) is 24.8 Å². The molecule has 0 radical (unpaired) electrons. The summed E-state index contributed by atoms with van der Waals surface area (Å²) >= 11 is 0. The lowest BCUT2D eigenvalue weighted by atomic mass is 9.95. The first-order valence-electron chi connectivity index (χ1n) is 7.66. The van der Waals surface area contributed by atoms with Crippen molar-refractivity contribution in [3.05, 3.63) is 78.4 Å². The first kappa shape index (κ1) is 18.1. The standard InChI is InChI=1S/C19H21NO3S/c1-4-15(3)18(19(21)16-8-6-5-7-9-16)20-24(22,23)17-12-10-14(2)11-13-17/h4-13,15,18,20H,1H2,2-3H3/t15-,18?/m1/s1. The fraction of sp³-hybridized carbons (Fsp3) is 0.211. The van der Waals surface area contributed by atoms with E-state index < -0.39 is 16.1 Å². The zero-order valence-corrected chi connectivity index (χ0v) is 14.6. The van der Waals surface area contributed by atoms with Crippen LogP contribution in [0.3, 0.4) is 0 Å². The molecule has 24 heavy (non-hydrogen) atoms. The molecular weight excluding hydrogens is 322 g/mol. The van der Waals surface area contributed by atoms with Gasteiger partial charge < -0.3 is 0 Å². The Kier molecular flexibility index (Phi) is 5.70. The van der Waals surface area contributed by atoms with Crippen LogP contribution in [0.15, 0.2) is 72.1 Å². The van der Waals surface area contributed by atoms with Gasteiger partial charge in [-0.3, -0.25) is 4.79 Å². The summed E-state index contributed by atoms with van der Waals surface area (Å²) in [7, 11) is -3.80. The summed E-state index contributed by atoms with van der Waals surface area (Å²) in [6.07, 6.45) is 1.57. The summed E-state index contributed by atoms with van der Waals surface area (Å²) in [6, 6.07) is 14.2. The highest BCUT2D eigenvalue weighted by atomic mass is 32.2. The summed E-state index contributed by atoms with van der Waals surface area (Å²) < 4.78 is 27.8. The number of hydrogen-bond acceptors (Lipinski definition) is 3. The summed E-state index contributed by atoms with van der Waals surface area (Å²) in [5.41, 5.74) is 1.42. The van der Waals surface area contributed by atoms with Gasteiger partial charge in [0.25, 0.3) is 0 Å². The van der Waals surface area contributed by atoms with Crippen LogP contribution in [-0.4, -0.2) is 20.2 Å². The van der Waals surface area contributed by atoms with Gasteiger partial charge >= 0.3 is 0 Å². The van der Waals surface area contributed by atoms with E-state index in [-0.39, 0.29) is 16.6 Å². The third kappa shape index (κ3) is 4.19. The highest BCUT2D eigenvalue weighted by Crippen LogP contribution is 2.17. The molecule has 2 aromatic rings. The molecule has 0 fully saturated rings. The molecular formula is C19H21NO3S. The van der Waals surface area contributed by atoms with Gasteiger partial charge in [0.05, 0.1) is 10.9 Å². The second-order valence-electron chi connectivity index (χ2n) is 5.74. The Morgan fingerprint density at radius 3 is 2.21 bits per heavy atom. The van der Waals surface area contributed by atoms with Crippen LogP contribution in [0.25, 0.3) is 0 Å². The fourth-order valence-electron chi connectivity index (χ4n) is 2.27. The quantitative estimate of drug-likeness (QED) is 0.619. The third-order valence-corrected chi connectivity index (χ3v) is 5.31. The van der Waals surface area contributed by atoms with Gasteiger partial charge in [-0.15, -0.1) is 6.58 Å². The highest BCUT2D eigenvalue weighted by Gasteiger charge is 2.29. The predicted molar refractivity (Wildman–Crippen MR) is 95.4 cm³/mol. The normalized spacial score (nSPS) is 13.9. The van der Waals surface area contributed by atoms with Crippen molar-refractivity contribution in [1.29, 1.82) is 0 Å². The van der Waals surface area contributed by atoms with Crippen molar-refractivity contribution >= 4 is 15.8 Å². The molecule has 0 spiro atoms. The second kappa shape index (κ2) is 7.55. The molecule has 5 heteroatoms. The van der Waals surface area contributed by atoms with Gasteiger partial charge in [0.2, 0.25) is 10.0 Å². The van der Waals surface area contributed by atoms with Gasteiger partial charge in [0.1, 0.15) is 0 Å². The van der Waals surface area contributed by atoms with Crippen LogP contribution >= 0.6 is 0 Å². The predicted octanol–water partition coefficient (Wildman–Crippen LogP) is 3.35. The maximum Gasteiger partial charge on any atom is 0.241 e. The van der Waals surface area contributed by atoms with Crippen LogP contribution in [0, 0.1) is 12.8 Å². The Labute approximate surface area is 143 Å². The van der Waals surface area contributed by atoms with Gasteiger partial charge in [-0.1, -0.05) is 61.0 Å². The molecule has 2 atom stereocenters. The number of carbonyl (C=O) groups excluding carboxylic acids is 1. The fourth-order valence-corrected chi connectivity index (χ4v) is 3.56. The summed E-state index contributed by atoms with van der Waals surface area (Å²) in [5.74, 6) is -0.628. The van der Waals surface area contributed by atoms with E-state index in [9.17, 15) is 13.2 Å². The minimum atomic E-state index is -3.80. The third-order valence-electron chi connectivity index (χ3n) is 3.85. The first-order valence-corrected chi connectivity index (χ1v) is 9.14. The molecule has 0 aromatic heterocycles. The van der Waals surface area contributed by atoms with Gasteiger partial charge in [-0.05, 0) is 25.0 Å². The molecule has 1 N–H and O–H groups in total. The van der Waals surface area contributed by atoms with Gasteiger partial charge in [0.15, 0.2) is 5.78 Å². The Morgan fingerprint density at radius 1 is 1.08 bits per heavy atom. The number of ketones is 1. The zero-order valence-electron chi connectivity index (χ0n) is 13.8. The molecule has 0 amide bonds. The van der Waals surface area contributed by atoms with Crippen LogP contribution in [0.5, 0.6) is 0 Å². The Balaban J connectivity index is 2.34. The Hall–Kier alpha value is -2.24. The molecule has 0 aliphatic heterocycles. The monoisotopic (exact) mass is 343 g/mol. The molecule has 2 aromatic carbocycles. The SMILES string of the molecule is C=C[C@@H](C)C(NS(=O)(=O)c1ccc(C)cc1)C(=O)c1ccccc1. The molecule has 126 valence electrons. The van der Waals surface area contributed by atoms with Crippen LogP contribution in [0.2, 0.25) is 0 Å². The number of nitrogens with one attached hydrogen (secondary N) is 1. The van der Waals surface area contributed by atoms with Crippen molar-refractivity contribution in [2.24, 2.45) is 5.92 Å². The van der Waals surface area contributed by atoms with Gasteiger partial charge in [-0.2, -0.15) is 4.72 Å². The summed E-state index contributed by atoms with van der Waals surface area (Å²) in [6.45, 7) is 7.33. The number of sulfonamides is 1. The van der Waals surface area contributed by atoms with Crippen LogP contribution in [0.1, 0.15) is 22.8 Å². The lowest BCUT2D eigenvalue weighted by Crippen LogP contribution is -2.44. The number of aryl methyl sites for hydroxylation is 1. The van der Waals surface area contributed by atoms with E-state index in [1.807, 2.05) is 6.92 Å². The summed E-state index contributed by atoms with van der Waals surface area (Å²) in [4.78, 5) is 12.9. The van der Waals surface area contributed by atoms with E-state index >= 15 is 0 Å². The van der Waals surface area contributed by atoms with E-state index in [2.05, 4.69) is 11.3 Å². The molecule has 0 saturated heterocycles. The number of carbonyl (C=O) groups is 1. The van der Waals surface area contributed by atoms with Crippen molar-refractivity contribution in [2.75, 3.05) is 0 Å². The van der Waals surface area contributed by atoms with E-state index in [0.717, 1.165) is 5.56 Å². The number of rotatable bonds is 7. The van der Waals surface area contributed by atoms with E-state index in [1.165, 1.54) is 12.1 Å². The van der Waals surface area contributed by atoms with E-state index in [0.29, 0.717) is 5.56 Å². The number of hydrogen-bond donors (Lipinski definition) is 1. The molecule has 1 unspecified atom stereocenters. The maximum absolute atomic E-state index is 12.7. The second-order valence-corrected chi connectivity index (χ2v) is 7.45. The first-order chi connectivity index (χ1) is 11.3. The maximum atomic E-state index is 12.7. The van der Waals surface area contributed by atoms with Crippen LogP contribution in [-0.2, 0) is 10.0 Å². The van der Waals surface area contributed by atoms with Crippen LogP contribution in [0.4, 0.5) is 0 Å². The number of Topliss-reactive ketones (excluding diaryl/α,β-unsaturated/α-hetero) is 1. The van der Waals surface area contributed by atoms with E-state index in [1.54, 1.807) is 55.5 Å². The zero-order chi connectivity index (χ0) is 17.7. The molecule has 0 saturated carbocycles. The average Bonchev–Trinajstić information content (AvgIpc) is 2.59. The highest BCUT2D eigenvalue weighted by molar-refractivity contribution is 7.89. The number of benzene rings is 2. The minimum Gasteiger partial charge on any atom is -0.292 e. The summed E-state index contributed by atoms with van der Waals surface area (Å²) in [5, 5.41) is 0. The van der Waals surface area contributed by atoms with Gasteiger partial charge in [0, 0.05) is 5.56 Å². The molecule has 0 bridgehead atoms.